The Bertz CT molecular complexity index is 640. The smallest absolute Gasteiger partial charge is 0.410 e. The highest BCUT2D eigenvalue weighted by atomic mass is 79.9. The summed E-state index contributed by atoms with van der Waals surface area (Å²) < 4.78 is 6.57. The van der Waals surface area contributed by atoms with Crippen molar-refractivity contribution in [2.24, 2.45) is 0 Å². The maximum atomic E-state index is 12.5. The zero-order valence-corrected chi connectivity index (χ0v) is 16.8. The van der Waals surface area contributed by atoms with Crippen LogP contribution < -0.4 is 0 Å². The lowest BCUT2D eigenvalue weighted by atomic mass is 10.1. The molecule has 1 heterocycles. The third-order valence-electron chi connectivity index (χ3n) is 4.58. The van der Waals surface area contributed by atoms with E-state index in [0.717, 1.165) is 47.5 Å². The van der Waals surface area contributed by atoms with Crippen molar-refractivity contribution in [3.63, 3.8) is 0 Å². The van der Waals surface area contributed by atoms with Crippen LogP contribution in [0.25, 0.3) is 0 Å². The number of benzene rings is 1. The van der Waals surface area contributed by atoms with Crippen LogP contribution in [0.1, 0.15) is 39.2 Å². The number of ether oxygens (including phenoxy) is 1. The summed E-state index contributed by atoms with van der Waals surface area (Å²) in [5.74, 6) is 0. The summed E-state index contributed by atoms with van der Waals surface area (Å²) in [6, 6.07) is 6.01. The van der Waals surface area contributed by atoms with Gasteiger partial charge in [0.2, 0.25) is 0 Å². The second-order valence-electron chi connectivity index (χ2n) is 7.80. The fourth-order valence-corrected chi connectivity index (χ4v) is 3.99. The van der Waals surface area contributed by atoms with E-state index in [1.165, 1.54) is 0 Å². The minimum atomic E-state index is -0.449. The van der Waals surface area contributed by atoms with E-state index in [9.17, 15) is 4.79 Å². The van der Waals surface area contributed by atoms with Crippen LogP contribution >= 0.6 is 27.5 Å². The van der Waals surface area contributed by atoms with E-state index >= 15 is 0 Å². The molecule has 1 saturated carbocycles. The minimum Gasteiger partial charge on any atom is -0.444 e. The highest BCUT2D eigenvalue weighted by Gasteiger charge is 2.54. The molecule has 2 fully saturated rings. The van der Waals surface area contributed by atoms with Crippen molar-refractivity contribution in [3.8, 4) is 0 Å². The molecule has 1 aliphatic carbocycles. The largest absolute Gasteiger partial charge is 0.444 e. The van der Waals surface area contributed by atoms with Crippen LogP contribution in [0.4, 0.5) is 4.79 Å². The molecule has 0 radical (unpaired) electrons. The van der Waals surface area contributed by atoms with E-state index in [0.29, 0.717) is 6.54 Å². The first-order valence-electron chi connectivity index (χ1n) is 8.35. The first kappa shape index (κ1) is 18.0. The van der Waals surface area contributed by atoms with Gasteiger partial charge in [-0.2, -0.15) is 0 Å². The van der Waals surface area contributed by atoms with Gasteiger partial charge >= 0.3 is 6.09 Å². The fourth-order valence-electron chi connectivity index (χ4n) is 3.26. The van der Waals surface area contributed by atoms with Gasteiger partial charge in [0, 0.05) is 35.7 Å². The van der Waals surface area contributed by atoms with E-state index in [1.54, 1.807) is 0 Å². The van der Waals surface area contributed by atoms with Gasteiger partial charge in [-0.15, -0.1) is 0 Å². The van der Waals surface area contributed by atoms with Crippen molar-refractivity contribution >= 4 is 33.6 Å². The molecule has 3 rings (SSSR count). The Morgan fingerprint density at radius 2 is 2.04 bits per heavy atom. The summed E-state index contributed by atoms with van der Waals surface area (Å²) in [6.07, 6.45) is 1.93. The van der Waals surface area contributed by atoms with Gasteiger partial charge in [0.1, 0.15) is 5.60 Å². The molecule has 4 nitrogen and oxygen atoms in total. The first-order valence-corrected chi connectivity index (χ1v) is 9.53. The number of piperazine rings is 1. The average molecular weight is 416 g/mol. The van der Waals surface area contributed by atoms with E-state index < -0.39 is 5.60 Å². The van der Waals surface area contributed by atoms with E-state index in [1.807, 2.05) is 37.8 Å². The van der Waals surface area contributed by atoms with Gasteiger partial charge in [-0.1, -0.05) is 33.6 Å². The third-order valence-corrected chi connectivity index (χ3v) is 5.43. The Morgan fingerprint density at radius 1 is 1.33 bits per heavy atom. The van der Waals surface area contributed by atoms with Gasteiger partial charge in [0.05, 0.1) is 5.54 Å². The number of halogens is 2. The minimum absolute atomic E-state index is 0.0393. The molecule has 6 heteroatoms. The number of amides is 1. The molecule has 24 heavy (non-hydrogen) atoms. The van der Waals surface area contributed by atoms with Gasteiger partial charge in [-0.3, -0.25) is 9.80 Å². The predicted octanol–water partition coefficient (Wildman–Crippen LogP) is 4.69. The Hall–Kier alpha value is -0.780. The highest BCUT2D eigenvalue weighted by Crippen LogP contribution is 2.45. The van der Waals surface area contributed by atoms with Crippen molar-refractivity contribution in [1.29, 1.82) is 0 Å². The molecule has 2 aliphatic rings. The molecule has 1 aliphatic heterocycles. The Morgan fingerprint density at radius 3 is 2.62 bits per heavy atom. The second-order valence-corrected chi connectivity index (χ2v) is 9.13. The molecular weight excluding hydrogens is 392 g/mol. The van der Waals surface area contributed by atoms with E-state index in [2.05, 4.69) is 26.9 Å². The summed E-state index contributed by atoms with van der Waals surface area (Å²) in [6.45, 7) is 8.99. The fraction of sp³-hybridized carbons (Fsp3) is 0.611. The normalized spacial score (nSPS) is 20.3. The SMILES string of the molecule is CC(C)(C)OC(=O)N1CCN(Cc2ccc(Br)cc2Cl)CC12CC2. The molecule has 0 N–H and O–H groups in total. The van der Waals surface area contributed by atoms with Crippen LogP contribution in [-0.4, -0.2) is 46.7 Å². The number of carbonyl (C=O) groups excluding carboxylic acids is 1. The standard InChI is InChI=1S/C18H24BrClN2O2/c1-17(2,3)24-16(23)22-9-8-21(12-18(22)6-7-18)11-13-4-5-14(19)10-15(13)20/h4-5,10H,6-9,11-12H2,1-3H3. The van der Waals surface area contributed by atoms with Crippen molar-refractivity contribution in [3.05, 3.63) is 33.3 Å². The van der Waals surface area contributed by atoms with Gasteiger partial charge < -0.3 is 4.74 Å². The summed E-state index contributed by atoms with van der Waals surface area (Å²) in [5, 5.41) is 0.781. The second kappa shape index (κ2) is 6.50. The van der Waals surface area contributed by atoms with E-state index in [-0.39, 0.29) is 11.6 Å². The molecule has 1 saturated heterocycles. The van der Waals surface area contributed by atoms with Crippen molar-refractivity contribution in [1.82, 2.24) is 9.80 Å². The molecule has 0 unspecified atom stereocenters. The molecule has 0 bridgehead atoms. The monoisotopic (exact) mass is 414 g/mol. The van der Waals surface area contributed by atoms with Gasteiger partial charge in [0.25, 0.3) is 0 Å². The zero-order valence-electron chi connectivity index (χ0n) is 14.4. The maximum Gasteiger partial charge on any atom is 0.410 e. The van der Waals surface area contributed by atoms with Crippen LogP contribution in [0, 0.1) is 0 Å². The summed E-state index contributed by atoms with van der Waals surface area (Å²) in [4.78, 5) is 16.8. The Labute approximate surface area is 157 Å². The molecule has 0 aromatic heterocycles. The summed E-state index contributed by atoms with van der Waals surface area (Å²) in [5.41, 5.74) is 0.638. The number of carbonyl (C=O) groups is 1. The third kappa shape index (κ3) is 4.06. The van der Waals surface area contributed by atoms with Crippen molar-refractivity contribution in [2.75, 3.05) is 19.6 Å². The van der Waals surface area contributed by atoms with Gasteiger partial charge in [-0.25, -0.2) is 4.79 Å². The Kier molecular flexibility index (Phi) is 4.89. The lowest BCUT2D eigenvalue weighted by Gasteiger charge is -2.42. The summed E-state index contributed by atoms with van der Waals surface area (Å²) >= 11 is 9.79. The molecule has 1 spiro atoms. The highest BCUT2D eigenvalue weighted by molar-refractivity contribution is 9.10. The quantitative estimate of drug-likeness (QED) is 0.702. The number of hydrogen-bond donors (Lipinski definition) is 0. The first-order chi connectivity index (χ1) is 11.2. The van der Waals surface area contributed by atoms with Crippen molar-refractivity contribution in [2.45, 2.75) is 51.3 Å². The maximum absolute atomic E-state index is 12.5. The number of rotatable bonds is 2. The topological polar surface area (TPSA) is 32.8 Å². The molecular formula is C18H24BrClN2O2. The zero-order chi connectivity index (χ0) is 17.5. The molecule has 132 valence electrons. The van der Waals surface area contributed by atoms with Gasteiger partial charge in [-0.05, 0) is 51.3 Å². The van der Waals surface area contributed by atoms with Gasteiger partial charge in [0.15, 0.2) is 0 Å². The lowest BCUT2D eigenvalue weighted by Crippen LogP contribution is -2.57. The van der Waals surface area contributed by atoms with Crippen molar-refractivity contribution < 1.29 is 9.53 Å². The van der Waals surface area contributed by atoms with Crippen LogP contribution in [0.15, 0.2) is 22.7 Å². The van der Waals surface area contributed by atoms with Crippen LogP contribution in [0.2, 0.25) is 5.02 Å². The number of nitrogens with zero attached hydrogens (tertiary/aromatic N) is 2. The molecule has 1 amide bonds. The predicted molar refractivity (Wildman–Crippen MR) is 99.3 cm³/mol. The lowest BCUT2D eigenvalue weighted by molar-refractivity contribution is -0.00808. The summed E-state index contributed by atoms with van der Waals surface area (Å²) in [7, 11) is 0. The molecule has 1 aromatic rings. The van der Waals surface area contributed by atoms with Crippen LogP contribution in [-0.2, 0) is 11.3 Å². The van der Waals surface area contributed by atoms with Crippen LogP contribution in [0.5, 0.6) is 0 Å². The average Bonchev–Trinajstić information content (AvgIpc) is 3.20. The van der Waals surface area contributed by atoms with E-state index in [4.69, 9.17) is 16.3 Å². The molecule has 0 atom stereocenters. The number of hydrogen-bond acceptors (Lipinski definition) is 3. The Balaban J connectivity index is 1.65. The van der Waals surface area contributed by atoms with Crippen LogP contribution in [0.3, 0.4) is 0 Å². The molecule has 1 aromatic carbocycles.